The van der Waals surface area contributed by atoms with Gasteiger partial charge in [-0.2, -0.15) is 4.98 Å². The van der Waals surface area contributed by atoms with Crippen LogP contribution in [0.2, 0.25) is 0 Å². The number of carbonyl (C=O) groups is 1. The predicted molar refractivity (Wildman–Crippen MR) is 71.6 cm³/mol. The van der Waals surface area contributed by atoms with Crippen molar-refractivity contribution < 1.29 is 14.6 Å². The summed E-state index contributed by atoms with van der Waals surface area (Å²) in [5.74, 6) is -0.578. The average Bonchev–Trinajstić information content (AvgIpc) is 2.41. The number of pyridine rings is 1. The Hall–Kier alpha value is -1.67. The minimum absolute atomic E-state index is 0.138. The van der Waals surface area contributed by atoms with Crippen LogP contribution in [0, 0.1) is 0 Å². The lowest BCUT2D eigenvalue weighted by molar-refractivity contribution is 0.0696. The third kappa shape index (κ3) is 3.42. The number of carboxylic acids is 1. The summed E-state index contributed by atoms with van der Waals surface area (Å²) in [5.41, 5.74) is 0.138. The van der Waals surface area contributed by atoms with E-state index in [1.165, 1.54) is 31.1 Å². The molecule has 0 atom stereocenters. The maximum atomic E-state index is 10.7. The van der Waals surface area contributed by atoms with Crippen LogP contribution in [0.1, 0.15) is 10.4 Å². The van der Waals surface area contributed by atoms with Gasteiger partial charge in [-0.25, -0.2) is 14.8 Å². The highest BCUT2D eigenvalue weighted by Crippen LogP contribution is 2.27. The maximum absolute atomic E-state index is 10.7. The SMILES string of the molecule is COc1nc(Sc2ccc(C(=O)O)cn2)ncc1Br. The number of methoxy groups -OCH3 is 1. The van der Waals surface area contributed by atoms with Gasteiger partial charge in [0.2, 0.25) is 5.88 Å². The van der Waals surface area contributed by atoms with Crippen molar-refractivity contribution in [1.82, 2.24) is 15.0 Å². The second kappa shape index (κ2) is 5.98. The minimum atomic E-state index is -1.01. The molecule has 2 aromatic heterocycles. The van der Waals surface area contributed by atoms with E-state index in [-0.39, 0.29) is 5.56 Å². The van der Waals surface area contributed by atoms with Crippen molar-refractivity contribution in [2.45, 2.75) is 10.2 Å². The van der Waals surface area contributed by atoms with E-state index in [1.807, 2.05) is 0 Å². The lowest BCUT2D eigenvalue weighted by Gasteiger charge is -2.04. The summed E-state index contributed by atoms with van der Waals surface area (Å²) in [5, 5.41) is 9.85. The smallest absolute Gasteiger partial charge is 0.337 e. The molecule has 0 saturated carbocycles. The van der Waals surface area contributed by atoms with Gasteiger partial charge in [0.05, 0.1) is 17.1 Å². The number of nitrogens with zero attached hydrogens (tertiary/aromatic N) is 3. The molecule has 0 fully saturated rings. The first-order chi connectivity index (χ1) is 9.10. The molecule has 8 heteroatoms. The zero-order valence-electron chi connectivity index (χ0n) is 9.70. The van der Waals surface area contributed by atoms with Gasteiger partial charge in [0, 0.05) is 12.4 Å². The van der Waals surface area contributed by atoms with E-state index in [0.717, 1.165) is 0 Å². The summed E-state index contributed by atoms with van der Waals surface area (Å²) in [6, 6.07) is 3.08. The highest BCUT2D eigenvalue weighted by molar-refractivity contribution is 9.10. The number of halogens is 1. The number of hydrogen-bond acceptors (Lipinski definition) is 6. The van der Waals surface area contributed by atoms with Gasteiger partial charge >= 0.3 is 5.97 Å². The Kier molecular flexibility index (Phi) is 4.33. The van der Waals surface area contributed by atoms with E-state index in [9.17, 15) is 4.79 Å². The molecule has 98 valence electrons. The molecule has 6 nitrogen and oxygen atoms in total. The fraction of sp³-hybridized carbons (Fsp3) is 0.0909. The lowest BCUT2D eigenvalue weighted by Crippen LogP contribution is -1.97. The van der Waals surface area contributed by atoms with Crippen molar-refractivity contribution >= 4 is 33.7 Å². The van der Waals surface area contributed by atoms with Crippen LogP contribution in [0.25, 0.3) is 0 Å². The molecule has 0 amide bonds. The second-order valence-electron chi connectivity index (χ2n) is 3.30. The van der Waals surface area contributed by atoms with Crippen molar-refractivity contribution in [1.29, 1.82) is 0 Å². The monoisotopic (exact) mass is 341 g/mol. The molecular weight excluding hydrogens is 334 g/mol. The molecule has 19 heavy (non-hydrogen) atoms. The fourth-order valence-electron chi connectivity index (χ4n) is 1.19. The molecule has 0 saturated heterocycles. The molecule has 0 aliphatic rings. The number of ether oxygens (including phenoxy) is 1. The predicted octanol–water partition coefficient (Wildman–Crippen LogP) is 2.49. The molecule has 2 aromatic rings. The van der Waals surface area contributed by atoms with Crippen LogP contribution in [0.15, 0.2) is 39.2 Å². The van der Waals surface area contributed by atoms with Gasteiger partial charge in [-0.15, -0.1) is 0 Å². The van der Waals surface area contributed by atoms with Crippen molar-refractivity contribution in [2.24, 2.45) is 0 Å². The Morgan fingerprint density at radius 2 is 2.16 bits per heavy atom. The van der Waals surface area contributed by atoms with E-state index < -0.39 is 5.97 Å². The molecule has 0 aliphatic heterocycles. The van der Waals surface area contributed by atoms with E-state index >= 15 is 0 Å². The van der Waals surface area contributed by atoms with Gasteiger partial charge in [0.15, 0.2) is 5.16 Å². The zero-order valence-corrected chi connectivity index (χ0v) is 12.1. The van der Waals surface area contributed by atoms with E-state index in [2.05, 4.69) is 30.9 Å². The van der Waals surface area contributed by atoms with Gasteiger partial charge in [0.1, 0.15) is 5.03 Å². The second-order valence-corrected chi connectivity index (χ2v) is 5.14. The number of hydrogen-bond donors (Lipinski definition) is 1. The highest BCUT2D eigenvalue weighted by Gasteiger charge is 2.08. The molecule has 0 unspecified atom stereocenters. The van der Waals surface area contributed by atoms with Gasteiger partial charge < -0.3 is 9.84 Å². The van der Waals surface area contributed by atoms with Gasteiger partial charge in [-0.3, -0.25) is 0 Å². The van der Waals surface area contributed by atoms with E-state index in [1.54, 1.807) is 12.3 Å². The first-order valence-electron chi connectivity index (χ1n) is 5.04. The standard InChI is InChI=1S/C11H8BrN3O3S/c1-18-9-7(12)5-14-11(15-9)19-8-3-2-6(4-13-8)10(16)17/h2-5H,1H3,(H,16,17). The number of rotatable bonds is 4. The maximum Gasteiger partial charge on any atom is 0.337 e. The largest absolute Gasteiger partial charge is 0.480 e. The third-order valence-corrected chi connectivity index (χ3v) is 3.44. The summed E-state index contributed by atoms with van der Waals surface area (Å²) in [6.45, 7) is 0. The van der Waals surface area contributed by atoms with Crippen LogP contribution in [-0.4, -0.2) is 33.1 Å². The molecule has 1 N–H and O–H groups in total. The number of carboxylic acid groups (broad SMARTS) is 1. The topological polar surface area (TPSA) is 85.2 Å². The molecule has 0 aliphatic carbocycles. The van der Waals surface area contributed by atoms with Crippen molar-refractivity contribution in [2.75, 3.05) is 7.11 Å². The minimum Gasteiger partial charge on any atom is -0.480 e. The average molecular weight is 342 g/mol. The fourth-order valence-corrected chi connectivity index (χ4v) is 2.20. The van der Waals surface area contributed by atoms with Crippen molar-refractivity contribution in [3.8, 4) is 5.88 Å². The van der Waals surface area contributed by atoms with Crippen LogP contribution in [0.4, 0.5) is 0 Å². The molecule has 0 aromatic carbocycles. The molecule has 2 heterocycles. The Labute approximate surface area is 121 Å². The number of aromatic nitrogens is 3. The van der Waals surface area contributed by atoms with Crippen LogP contribution in [0.5, 0.6) is 5.88 Å². The summed E-state index contributed by atoms with van der Waals surface area (Å²) >= 11 is 4.48. The van der Waals surface area contributed by atoms with Crippen molar-refractivity contribution in [3.63, 3.8) is 0 Å². The van der Waals surface area contributed by atoms with E-state index in [4.69, 9.17) is 9.84 Å². The Bertz CT molecular complexity index is 607. The van der Waals surface area contributed by atoms with Crippen LogP contribution in [-0.2, 0) is 0 Å². The Morgan fingerprint density at radius 3 is 2.74 bits per heavy atom. The summed E-state index contributed by atoms with van der Waals surface area (Å²) in [7, 11) is 1.52. The summed E-state index contributed by atoms with van der Waals surface area (Å²) < 4.78 is 5.73. The quantitative estimate of drug-likeness (QED) is 0.855. The van der Waals surface area contributed by atoms with Gasteiger partial charge in [-0.1, -0.05) is 0 Å². The highest BCUT2D eigenvalue weighted by atomic mass is 79.9. The van der Waals surface area contributed by atoms with E-state index in [0.29, 0.717) is 20.5 Å². The normalized spacial score (nSPS) is 10.2. The molecule has 0 bridgehead atoms. The number of aromatic carboxylic acids is 1. The van der Waals surface area contributed by atoms with Crippen LogP contribution < -0.4 is 4.74 Å². The van der Waals surface area contributed by atoms with Crippen molar-refractivity contribution in [3.05, 3.63) is 34.6 Å². The van der Waals surface area contributed by atoms with Crippen LogP contribution in [0.3, 0.4) is 0 Å². The first kappa shape index (κ1) is 13.8. The molecule has 2 rings (SSSR count). The summed E-state index contributed by atoms with van der Waals surface area (Å²) in [6.07, 6.45) is 2.88. The van der Waals surface area contributed by atoms with Crippen LogP contribution >= 0.6 is 27.7 Å². The van der Waals surface area contributed by atoms with Gasteiger partial charge in [-0.05, 0) is 39.8 Å². The molecule has 0 spiro atoms. The zero-order chi connectivity index (χ0) is 13.8. The third-order valence-electron chi connectivity index (χ3n) is 2.06. The Morgan fingerprint density at radius 1 is 1.37 bits per heavy atom. The molecular formula is C11H8BrN3O3S. The van der Waals surface area contributed by atoms with Gasteiger partial charge in [0.25, 0.3) is 0 Å². The molecule has 0 radical (unpaired) electrons. The Balaban J connectivity index is 2.19. The lowest BCUT2D eigenvalue weighted by atomic mass is 10.3. The summed E-state index contributed by atoms with van der Waals surface area (Å²) in [4.78, 5) is 23.0. The first-order valence-corrected chi connectivity index (χ1v) is 6.65.